The SMILES string of the molecule is CCCOC(=O)Nc1cccc(C(=O)OC)c1C. The van der Waals surface area contributed by atoms with Crippen LogP contribution in [-0.4, -0.2) is 25.8 Å². The summed E-state index contributed by atoms with van der Waals surface area (Å²) in [5.41, 5.74) is 1.61. The maximum atomic E-state index is 11.5. The molecule has 0 aliphatic carbocycles. The van der Waals surface area contributed by atoms with Gasteiger partial charge in [-0.05, 0) is 31.0 Å². The van der Waals surface area contributed by atoms with Crippen LogP contribution in [0.25, 0.3) is 0 Å². The highest BCUT2D eigenvalue weighted by atomic mass is 16.5. The number of amides is 1. The lowest BCUT2D eigenvalue weighted by Gasteiger charge is -2.11. The average molecular weight is 251 g/mol. The molecule has 0 atom stereocenters. The first-order chi connectivity index (χ1) is 8.60. The number of anilines is 1. The highest BCUT2D eigenvalue weighted by Crippen LogP contribution is 2.19. The van der Waals surface area contributed by atoms with Crippen LogP contribution in [0.2, 0.25) is 0 Å². The largest absolute Gasteiger partial charge is 0.465 e. The molecule has 0 heterocycles. The Morgan fingerprint density at radius 2 is 2.06 bits per heavy atom. The van der Waals surface area contributed by atoms with Crippen molar-refractivity contribution >= 4 is 17.7 Å². The number of benzene rings is 1. The van der Waals surface area contributed by atoms with E-state index in [1.165, 1.54) is 7.11 Å². The summed E-state index contributed by atoms with van der Waals surface area (Å²) >= 11 is 0. The number of rotatable bonds is 4. The van der Waals surface area contributed by atoms with Gasteiger partial charge >= 0.3 is 12.1 Å². The predicted octanol–water partition coefficient (Wildman–Crippen LogP) is 2.74. The van der Waals surface area contributed by atoms with Gasteiger partial charge < -0.3 is 9.47 Å². The van der Waals surface area contributed by atoms with Crippen LogP contribution in [-0.2, 0) is 9.47 Å². The Morgan fingerprint density at radius 3 is 2.67 bits per heavy atom. The van der Waals surface area contributed by atoms with Crippen LogP contribution in [0.1, 0.15) is 29.3 Å². The summed E-state index contributed by atoms with van der Waals surface area (Å²) in [6.45, 7) is 4.01. The van der Waals surface area contributed by atoms with E-state index in [2.05, 4.69) is 10.1 Å². The summed E-state index contributed by atoms with van der Waals surface area (Å²) in [6, 6.07) is 5.02. The van der Waals surface area contributed by atoms with E-state index < -0.39 is 12.1 Å². The van der Waals surface area contributed by atoms with Gasteiger partial charge in [-0.3, -0.25) is 5.32 Å². The Morgan fingerprint density at radius 1 is 1.33 bits per heavy atom. The topological polar surface area (TPSA) is 64.6 Å². The van der Waals surface area contributed by atoms with Crippen LogP contribution in [0, 0.1) is 6.92 Å². The van der Waals surface area contributed by atoms with Gasteiger partial charge in [0.25, 0.3) is 0 Å². The molecule has 1 amide bonds. The van der Waals surface area contributed by atoms with Crippen molar-refractivity contribution in [2.45, 2.75) is 20.3 Å². The maximum Gasteiger partial charge on any atom is 0.411 e. The number of hydrogen-bond acceptors (Lipinski definition) is 4. The Balaban J connectivity index is 2.84. The van der Waals surface area contributed by atoms with E-state index in [0.717, 1.165) is 6.42 Å². The third-order valence-electron chi connectivity index (χ3n) is 2.41. The van der Waals surface area contributed by atoms with E-state index >= 15 is 0 Å². The number of carbonyl (C=O) groups is 2. The summed E-state index contributed by atoms with van der Waals surface area (Å²) in [6.07, 6.45) is 0.233. The summed E-state index contributed by atoms with van der Waals surface area (Å²) in [5, 5.41) is 2.60. The maximum absolute atomic E-state index is 11.5. The number of hydrogen-bond donors (Lipinski definition) is 1. The minimum Gasteiger partial charge on any atom is -0.465 e. The number of carbonyl (C=O) groups excluding carboxylic acids is 2. The zero-order valence-corrected chi connectivity index (χ0v) is 10.8. The predicted molar refractivity (Wildman–Crippen MR) is 67.8 cm³/mol. The standard InChI is InChI=1S/C13H17NO4/c1-4-8-18-13(16)14-11-7-5-6-10(9(11)2)12(15)17-3/h5-7H,4,8H2,1-3H3,(H,14,16). The quantitative estimate of drug-likeness (QED) is 0.836. The zero-order chi connectivity index (χ0) is 13.5. The molecule has 18 heavy (non-hydrogen) atoms. The van der Waals surface area contributed by atoms with Crippen LogP contribution in [0.3, 0.4) is 0 Å². The van der Waals surface area contributed by atoms with Crippen molar-refractivity contribution in [2.75, 3.05) is 19.0 Å². The van der Waals surface area contributed by atoms with Crippen molar-refractivity contribution < 1.29 is 19.1 Å². The minimum atomic E-state index is -0.526. The van der Waals surface area contributed by atoms with Crippen molar-refractivity contribution in [1.29, 1.82) is 0 Å². The van der Waals surface area contributed by atoms with Gasteiger partial charge in [0.2, 0.25) is 0 Å². The fraction of sp³-hybridized carbons (Fsp3) is 0.385. The molecule has 5 nitrogen and oxygen atoms in total. The first kappa shape index (κ1) is 14.0. The fourth-order valence-electron chi connectivity index (χ4n) is 1.44. The second-order valence-electron chi connectivity index (χ2n) is 3.73. The molecular formula is C13H17NO4. The molecule has 0 saturated carbocycles. The molecule has 1 aromatic carbocycles. The third-order valence-corrected chi connectivity index (χ3v) is 2.41. The molecule has 0 spiro atoms. The zero-order valence-electron chi connectivity index (χ0n) is 10.8. The molecule has 0 bridgehead atoms. The van der Waals surface area contributed by atoms with E-state index in [9.17, 15) is 9.59 Å². The van der Waals surface area contributed by atoms with Crippen molar-refractivity contribution in [3.8, 4) is 0 Å². The Hall–Kier alpha value is -2.04. The third kappa shape index (κ3) is 3.48. The van der Waals surface area contributed by atoms with Gasteiger partial charge in [0.15, 0.2) is 0 Å². The Bertz CT molecular complexity index is 443. The second kappa shape index (κ2) is 6.64. The summed E-state index contributed by atoms with van der Waals surface area (Å²) in [4.78, 5) is 22.9. The molecule has 0 aliphatic rings. The molecule has 98 valence electrons. The first-order valence-corrected chi connectivity index (χ1v) is 5.71. The van der Waals surface area contributed by atoms with Crippen molar-refractivity contribution in [3.63, 3.8) is 0 Å². The lowest BCUT2D eigenvalue weighted by molar-refractivity contribution is 0.0600. The molecule has 0 fully saturated rings. The van der Waals surface area contributed by atoms with Crippen LogP contribution < -0.4 is 5.32 Å². The first-order valence-electron chi connectivity index (χ1n) is 5.71. The number of esters is 1. The lowest BCUT2D eigenvalue weighted by atomic mass is 10.1. The molecule has 0 unspecified atom stereocenters. The molecule has 0 aliphatic heterocycles. The minimum absolute atomic E-state index is 0.363. The number of methoxy groups -OCH3 is 1. The van der Waals surface area contributed by atoms with Gasteiger partial charge in [-0.2, -0.15) is 0 Å². The van der Waals surface area contributed by atoms with Crippen molar-refractivity contribution in [2.24, 2.45) is 0 Å². The normalized spacial score (nSPS) is 9.72. The van der Waals surface area contributed by atoms with Gasteiger partial charge in [0, 0.05) is 5.69 Å². The van der Waals surface area contributed by atoms with Crippen LogP contribution in [0.15, 0.2) is 18.2 Å². The van der Waals surface area contributed by atoms with Gasteiger partial charge in [-0.1, -0.05) is 13.0 Å². The van der Waals surface area contributed by atoms with Crippen molar-refractivity contribution in [1.82, 2.24) is 0 Å². The molecule has 0 radical (unpaired) electrons. The van der Waals surface area contributed by atoms with E-state index in [4.69, 9.17) is 4.74 Å². The van der Waals surface area contributed by atoms with E-state index in [1.54, 1.807) is 25.1 Å². The highest BCUT2D eigenvalue weighted by Gasteiger charge is 2.13. The smallest absolute Gasteiger partial charge is 0.411 e. The number of nitrogens with one attached hydrogen (secondary N) is 1. The van der Waals surface area contributed by atoms with Gasteiger partial charge in [-0.15, -0.1) is 0 Å². The van der Waals surface area contributed by atoms with Crippen molar-refractivity contribution in [3.05, 3.63) is 29.3 Å². The monoisotopic (exact) mass is 251 g/mol. The van der Waals surface area contributed by atoms with E-state index in [-0.39, 0.29) is 0 Å². The highest BCUT2D eigenvalue weighted by molar-refractivity contribution is 5.95. The lowest BCUT2D eigenvalue weighted by Crippen LogP contribution is -2.16. The summed E-state index contributed by atoms with van der Waals surface area (Å²) in [7, 11) is 1.32. The van der Waals surface area contributed by atoms with Gasteiger partial charge in [0.1, 0.15) is 0 Å². The molecule has 5 heteroatoms. The van der Waals surface area contributed by atoms with E-state index in [1.807, 2.05) is 6.92 Å². The Labute approximate surface area is 106 Å². The molecule has 1 N–H and O–H groups in total. The van der Waals surface area contributed by atoms with E-state index in [0.29, 0.717) is 23.4 Å². The molecular weight excluding hydrogens is 234 g/mol. The summed E-state index contributed by atoms with van der Waals surface area (Å²) in [5.74, 6) is -0.432. The average Bonchev–Trinajstić information content (AvgIpc) is 2.38. The summed E-state index contributed by atoms with van der Waals surface area (Å²) < 4.78 is 9.57. The van der Waals surface area contributed by atoms with Crippen LogP contribution in [0.5, 0.6) is 0 Å². The Kier molecular flexibility index (Phi) is 5.17. The fourth-order valence-corrected chi connectivity index (χ4v) is 1.44. The molecule has 1 aromatic rings. The molecule has 0 saturated heterocycles. The van der Waals surface area contributed by atoms with Gasteiger partial charge in [-0.25, -0.2) is 9.59 Å². The molecule has 0 aromatic heterocycles. The second-order valence-corrected chi connectivity index (χ2v) is 3.73. The van der Waals surface area contributed by atoms with Gasteiger partial charge in [0.05, 0.1) is 19.3 Å². The molecule has 1 rings (SSSR count). The van der Waals surface area contributed by atoms with Crippen LogP contribution in [0.4, 0.5) is 10.5 Å². The van der Waals surface area contributed by atoms with Crippen LogP contribution >= 0.6 is 0 Å². The number of ether oxygens (including phenoxy) is 2.